The van der Waals surface area contributed by atoms with Gasteiger partial charge in [0.05, 0.1) is 11.0 Å². The van der Waals surface area contributed by atoms with Crippen molar-refractivity contribution in [3.8, 4) is 0 Å². The molecule has 0 spiro atoms. The summed E-state index contributed by atoms with van der Waals surface area (Å²) in [6.07, 6.45) is 3.07. The van der Waals surface area contributed by atoms with Gasteiger partial charge in [-0.2, -0.15) is 0 Å². The molecule has 0 fully saturated rings. The van der Waals surface area contributed by atoms with Crippen LogP contribution in [0.15, 0.2) is 82.8 Å². The molecule has 10 heteroatoms. The number of hydrogen-bond acceptors (Lipinski definition) is 6. The summed E-state index contributed by atoms with van der Waals surface area (Å²) < 4.78 is 44.7. The zero-order valence-electron chi connectivity index (χ0n) is 14.2. The van der Waals surface area contributed by atoms with E-state index in [-0.39, 0.29) is 9.79 Å². The summed E-state index contributed by atoms with van der Waals surface area (Å²) in [4.78, 5) is 8.09. The zero-order valence-corrected chi connectivity index (χ0v) is 16.6. The second kappa shape index (κ2) is 7.80. The van der Waals surface area contributed by atoms with E-state index >= 15 is 0 Å². The predicted molar refractivity (Wildman–Crippen MR) is 108 cm³/mol. The smallest absolute Gasteiger partial charge is 0.255 e. The van der Waals surface area contributed by atoms with Crippen LogP contribution >= 0.6 is 10.7 Å². The molecule has 0 aliphatic rings. The van der Waals surface area contributed by atoms with Crippen LogP contribution in [-0.4, -0.2) is 26.8 Å². The molecule has 0 saturated carbocycles. The number of para-hydroxylation sites is 2. The number of benzene rings is 2. The number of rotatable bonds is 2. The number of nitrogens with two attached hydrogens (primary N) is 1. The van der Waals surface area contributed by atoms with Gasteiger partial charge in [-0.15, -0.1) is 0 Å². The number of halogens is 1. The Bertz CT molecular complexity index is 1260. The quantitative estimate of drug-likeness (QED) is 0.483. The molecule has 0 atom stereocenters. The molecule has 2 N–H and O–H groups in total. The van der Waals surface area contributed by atoms with Crippen molar-refractivity contribution in [2.75, 3.05) is 0 Å². The van der Waals surface area contributed by atoms with Gasteiger partial charge in [-0.3, -0.25) is 9.97 Å². The van der Waals surface area contributed by atoms with Crippen LogP contribution in [0.1, 0.15) is 0 Å². The molecular weight excluding hydrogens is 422 g/mol. The summed E-state index contributed by atoms with van der Waals surface area (Å²) in [6.45, 7) is 0. The molecule has 0 aliphatic heterocycles. The molecule has 0 aliphatic carbocycles. The van der Waals surface area contributed by atoms with Crippen molar-refractivity contribution in [3.63, 3.8) is 0 Å². The largest absolute Gasteiger partial charge is 0.263 e. The summed E-state index contributed by atoms with van der Waals surface area (Å²) in [5.74, 6) is 0. The van der Waals surface area contributed by atoms with Gasteiger partial charge in [0.25, 0.3) is 9.05 Å². The number of aromatic nitrogens is 2. The van der Waals surface area contributed by atoms with E-state index in [0.717, 1.165) is 10.8 Å². The maximum atomic E-state index is 11.2. The number of primary sulfonamides is 1. The predicted octanol–water partition coefficient (Wildman–Crippen LogP) is 3.04. The van der Waals surface area contributed by atoms with Crippen LogP contribution in [0.25, 0.3) is 21.8 Å². The first-order valence-electron chi connectivity index (χ1n) is 7.83. The number of hydrogen-bond donors (Lipinski definition) is 1. The molecule has 0 amide bonds. The first-order chi connectivity index (χ1) is 13.2. The van der Waals surface area contributed by atoms with E-state index in [9.17, 15) is 16.8 Å². The van der Waals surface area contributed by atoms with E-state index in [0.29, 0.717) is 11.0 Å². The van der Waals surface area contributed by atoms with Gasteiger partial charge in [-0.1, -0.05) is 36.4 Å². The van der Waals surface area contributed by atoms with Crippen LogP contribution in [0.4, 0.5) is 0 Å². The van der Waals surface area contributed by atoms with Gasteiger partial charge in [0.1, 0.15) is 9.79 Å². The highest BCUT2D eigenvalue weighted by atomic mass is 35.7. The lowest BCUT2D eigenvalue weighted by atomic mass is 10.2. The molecule has 28 heavy (non-hydrogen) atoms. The Hall–Kier alpha value is -2.59. The van der Waals surface area contributed by atoms with Gasteiger partial charge in [0, 0.05) is 33.8 Å². The Labute approximate surface area is 166 Å². The molecule has 144 valence electrons. The van der Waals surface area contributed by atoms with Crippen LogP contribution in [0.3, 0.4) is 0 Å². The van der Waals surface area contributed by atoms with Crippen molar-refractivity contribution < 1.29 is 16.8 Å². The molecule has 0 unspecified atom stereocenters. The Morgan fingerprint density at radius 3 is 1.57 bits per heavy atom. The minimum absolute atomic E-state index is 0.0530. The van der Waals surface area contributed by atoms with Crippen molar-refractivity contribution in [2.45, 2.75) is 9.79 Å². The summed E-state index contributed by atoms with van der Waals surface area (Å²) >= 11 is 0. The van der Waals surface area contributed by atoms with Gasteiger partial charge in [0.15, 0.2) is 0 Å². The average Bonchev–Trinajstić information content (AvgIpc) is 2.66. The molecule has 2 aromatic heterocycles. The summed E-state index contributed by atoms with van der Waals surface area (Å²) in [7, 11) is -2.14. The van der Waals surface area contributed by atoms with Crippen LogP contribution in [0.5, 0.6) is 0 Å². The molecule has 4 rings (SSSR count). The van der Waals surface area contributed by atoms with E-state index in [4.69, 9.17) is 15.8 Å². The van der Waals surface area contributed by atoms with Crippen LogP contribution < -0.4 is 5.14 Å². The molecule has 0 bridgehead atoms. The third kappa shape index (κ3) is 4.45. The number of nitrogens with zero attached hydrogens (tertiary/aromatic N) is 2. The van der Waals surface area contributed by atoms with Gasteiger partial charge in [-0.05, 0) is 24.3 Å². The monoisotopic (exact) mass is 435 g/mol. The Morgan fingerprint density at radius 2 is 1.11 bits per heavy atom. The second-order valence-corrected chi connectivity index (χ2v) is 9.71. The normalized spacial score (nSPS) is 11.8. The molecule has 7 nitrogen and oxygen atoms in total. The molecular formula is C18H14ClN3O4S2. The van der Waals surface area contributed by atoms with Gasteiger partial charge in [0.2, 0.25) is 10.0 Å². The van der Waals surface area contributed by atoms with Crippen molar-refractivity contribution in [1.82, 2.24) is 9.97 Å². The third-order valence-electron chi connectivity index (χ3n) is 3.76. The molecule has 2 heterocycles. The van der Waals surface area contributed by atoms with Crippen LogP contribution in [-0.2, 0) is 19.1 Å². The second-order valence-electron chi connectivity index (χ2n) is 5.65. The fourth-order valence-corrected chi connectivity index (χ4v) is 4.30. The maximum absolute atomic E-state index is 11.2. The maximum Gasteiger partial charge on any atom is 0.263 e. The number of fused-ring (bicyclic) bond motifs is 2. The van der Waals surface area contributed by atoms with E-state index in [1.807, 2.05) is 0 Å². The standard InChI is InChI=1S/C9H6ClNO2S.C9H8N2O2S/c2*10-14(12,13)8-5-1-3-7-4-2-6-11-9(7)8/h1-6H;1-6H,(H2,10,12,13). The Morgan fingerprint density at radius 1 is 0.679 bits per heavy atom. The van der Waals surface area contributed by atoms with Crippen molar-refractivity contribution >= 4 is 51.6 Å². The lowest BCUT2D eigenvalue weighted by molar-refractivity contribution is 0.598. The van der Waals surface area contributed by atoms with Gasteiger partial charge < -0.3 is 0 Å². The summed E-state index contributed by atoms with van der Waals surface area (Å²) in [5, 5.41) is 6.58. The van der Waals surface area contributed by atoms with E-state index in [1.165, 1.54) is 24.5 Å². The van der Waals surface area contributed by atoms with Crippen LogP contribution in [0.2, 0.25) is 0 Å². The van der Waals surface area contributed by atoms with Gasteiger partial charge in [-0.25, -0.2) is 22.0 Å². The van der Waals surface area contributed by atoms with Crippen LogP contribution in [0, 0.1) is 0 Å². The average molecular weight is 436 g/mol. The Balaban J connectivity index is 0.000000161. The minimum atomic E-state index is -3.72. The molecule has 2 aromatic carbocycles. The van der Waals surface area contributed by atoms with E-state index in [1.54, 1.807) is 48.5 Å². The molecule has 0 saturated heterocycles. The summed E-state index contributed by atoms with van der Waals surface area (Å²) in [5.41, 5.74) is 0.822. The topological polar surface area (TPSA) is 120 Å². The third-order valence-corrected chi connectivity index (χ3v) is 6.06. The highest BCUT2D eigenvalue weighted by Crippen LogP contribution is 2.23. The van der Waals surface area contributed by atoms with Crippen molar-refractivity contribution in [2.24, 2.45) is 5.14 Å². The van der Waals surface area contributed by atoms with Crippen molar-refractivity contribution in [3.05, 3.63) is 73.1 Å². The Kier molecular flexibility index (Phi) is 5.61. The zero-order chi connectivity index (χ0) is 20.4. The highest BCUT2D eigenvalue weighted by molar-refractivity contribution is 8.14. The fraction of sp³-hybridized carbons (Fsp3) is 0. The SMILES string of the molecule is NS(=O)(=O)c1cccc2cccnc12.O=S(=O)(Cl)c1cccc2cccnc12. The first kappa shape index (κ1) is 20.2. The lowest BCUT2D eigenvalue weighted by Gasteiger charge is -2.01. The fourth-order valence-electron chi connectivity index (χ4n) is 2.58. The number of sulfonamides is 1. The first-order valence-corrected chi connectivity index (χ1v) is 11.7. The van der Waals surface area contributed by atoms with Crippen molar-refractivity contribution in [1.29, 1.82) is 0 Å². The summed E-state index contributed by atoms with van der Waals surface area (Å²) in [6, 6.07) is 16.8. The molecule has 0 radical (unpaired) electrons. The minimum Gasteiger partial charge on any atom is -0.255 e. The molecule has 4 aromatic rings. The van der Waals surface area contributed by atoms with Gasteiger partial charge >= 0.3 is 0 Å². The van der Waals surface area contributed by atoms with E-state index < -0.39 is 19.1 Å². The number of pyridine rings is 2. The highest BCUT2D eigenvalue weighted by Gasteiger charge is 2.14. The lowest BCUT2D eigenvalue weighted by Crippen LogP contribution is -2.12. The van der Waals surface area contributed by atoms with E-state index in [2.05, 4.69) is 9.97 Å².